The summed E-state index contributed by atoms with van der Waals surface area (Å²) in [5.41, 5.74) is 8.08. The fourth-order valence-electron chi connectivity index (χ4n) is 3.47. The van der Waals surface area contributed by atoms with E-state index in [4.69, 9.17) is 5.73 Å². The molecule has 4 N–H and O–H groups in total. The van der Waals surface area contributed by atoms with Crippen molar-refractivity contribution in [2.75, 3.05) is 5.32 Å². The highest BCUT2D eigenvalue weighted by Gasteiger charge is 2.49. The summed E-state index contributed by atoms with van der Waals surface area (Å²) in [5.74, 6) is 0.164. The van der Waals surface area contributed by atoms with Gasteiger partial charge in [-0.05, 0) is 37.0 Å². The summed E-state index contributed by atoms with van der Waals surface area (Å²) in [7, 11) is 0. The van der Waals surface area contributed by atoms with Crippen LogP contribution < -0.4 is 11.1 Å². The van der Waals surface area contributed by atoms with Crippen molar-refractivity contribution in [3.8, 4) is 0 Å². The Hall–Kier alpha value is -2.63. The first kappa shape index (κ1) is 12.1. The molecular weight excluding hydrogens is 268 g/mol. The van der Waals surface area contributed by atoms with Crippen LogP contribution in [0, 0.1) is 0 Å². The number of fused-ring (bicyclic) bond motifs is 3. The van der Waals surface area contributed by atoms with E-state index >= 15 is 0 Å². The Kier molecular flexibility index (Phi) is 2.28. The van der Waals surface area contributed by atoms with Crippen molar-refractivity contribution < 1.29 is 9.59 Å². The van der Waals surface area contributed by atoms with Crippen LogP contribution in [0.1, 0.15) is 33.7 Å². The van der Waals surface area contributed by atoms with Gasteiger partial charge in [-0.1, -0.05) is 6.07 Å². The van der Waals surface area contributed by atoms with Crippen LogP contribution in [0.5, 0.6) is 0 Å². The van der Waals surface area contributed by atoms with Crippen molar-refractivity contribution in [2.45, 2.75) is 24.7 Å². The summed E-state index contributed by atoms with van der Waals surface area (Å²) in [5, 5.41) is 2.87. The van der Waals surface area contributed by atoms with Crippen molar-refractivity contribution >= 4 is 17.6 Å². The lowest BCUT2D eigenvalue weighted by Gasteiger charge is -2.31. The molecule has 0 radical (unpaired) electrons. The third-order valence-electron chi connectivity index (χ3n) is 4.54. The van der Waals surface area contributed by atoms with E-state index in [1.807, 2.05) is 12.1 Å². The SMILES string of the molecule is NC(=O)c1cc2c([nH]1)CCC1(C2)C(=O)Nc2ncccc21. The lowest BCUT2D eigenvalue weighted by Crippen LogP contribution is -2.39. The average molecular weight is 282 g/mol. The van der Waals surface area contributed by atoms with E-state index in [-0.39, 0.29) is 5.91 Å². The number of carbonyl (C=O) groups excluding carboxylic acids is 2. The van der Waals surface area contributed by atoms with E-state index < -0.39 is 11.3 Å². The van der Waals surface area contributed by atoms with Crippen molar-refractivity contribution in [3.63, 3.8) is 0 Å². The van der Waals surface area contributed by atoms with Crippen molar-refractivity contribution in [1.29, 1.82) is 0 Å². The molecule has 0 saturated heterocycles. The molecule has 2 amide bonds. The van der Waals surface area contributed by atoms with Gasteiger partial charge in [0.2, 0.25) is 5.91 Å². The maximum absolute atomic E-state index is 12.5. The molecule has 1 aliphatic carbocycles. The number of aryl methyl sites for hydroxylation is 1. The molecule has 0 fully saturated rings. The number of primary amides is 1. The molecule has 0 saturated carbocycles. The van der Waals surface area contributed by atoms with Gasteiger partial charge < -0.3 is 16.0 Å². The second kappa shape index (κ2) is 3.94. The van der Waals surface area contributed by atoms with E-state index in [0.29, 0.717) is 30.8 Å². The number of pyridine rings is 1. The predicted octanol–water partition coefficient (Wildman–Crippen LogP) is 0.887. The molecule has 6 nitrogen and oxygen atoms in total. The standard InChI is InChI=1S/C15H14N4O2/c16-12(20)11-6-8-7-15(4-3-10(8)18-11)9-2-1-5-17-13(9)19-14(15)21/h1-2,5-6,18H,3-4,7H2,(H2,16,20)(H,17,19,21). The van der Waals surface area contributed by atoms with Crippen LogP contribution in [0.4, 0.5) is 5.82 Å². The van der Waals surface area contributed by atoms with Crippen LogP contribution >= 0.6 is 0 Å². The molecule has 106 valence electrons. The van der Waals surface area contributed by atoms with Crippen molar-refractivity contribution in [3.05, 3.63) is 46.9 Å². The normalized spacial score (nSPS) is 22.8. The van der Waals surface area contributed by atoms with Gasteiger partial charge in [0.15, 0.2) is 0 Å². The van der Waals surface area contributed by atoms with Gasteiger partial charge in [0.1, 0.15) is 11.5 Å². The van der Waals surface area contributed by atoms with Crippen LogP contribution in [0.25, 0.3) is 0 Å². The van der Waals surface area contributed by atoms with Gasteiger partial charge in [-0.3, -0.25) is 9.59 Å². The Morgan fingerprint density at radius 1 is 1.43 bits per heavy atom. The predicted molar refractivity (Wildman–Crippen MR) is 75.9 cm³/mol. The minimum Gasteiger partial charge on any atom is -0.364 e. The second-order valence-corrected chi connectivity index (χ2v) is 5.66. The number of anilines is 1. The van der Waals surface area contributed by atoms with E-state index in [1.54, 1.807) is 12.3 Å². The monoisotopic (exact) mass is 282 g/mol. The summed E-state index contributed by atoms with van der Waals surface area (Å²) in [6.07, 6.45) is 3.65. The van der Waals surface area contributed by atoms with Crippen LogP contribution in [-0.2, 0) is 23.1 Å². The molecule has 2 aromatic rings. The number of aromatic amines is 1. The maximum atomic E-state index is 12.5. The fraction of sp³-hybridized carbons (Fsp3) is 0.267. The Balaban J connectivity index is 1.81. The first-order chi connectivity index (χ1) is 10.1. The van der Waals surface area contributed by atoms with Gasteiger partial charge in [-0.2, -0.15) is 0 Å². The van der Waals surface area contributed by atoms with Crippen LogP contribution in [0.15, 0.2) is 24.4 Å². The Morgan fingerprint density at radius 2 is 2.29 bits per heavy atom. The van der Waals surface area contributed by atoms with Crippen molar-refractivity contribution in [2.24, 2.45) is 5.73 Å². The van der Waals surface area contributed by atoms with E-state index in [9.17, 15) is 9.59 Å². The molecule has 1 spiro atoms. The largest absolute Gasteiger partial charge is 0.364 e. The number of aromatic nitrogens is 2. The zero-order valence-corrected chi connectivity index (χ0v) is 11.3. The third kappa shape index (κ3) is 1.55. The number of nitrogens with zero attached hydrogens (tertiary/aromatic N) is 1. The van der Waals surface area contributed by atoms with E-state index in [0.717, 1.165) is 16.8 Å². The third-order valence-corrected chi connectivity index (χ3v) is 4.54. The quantitative estimate of drug-likeness (QED) is 0.724. The van der Waals surface area contributed by atoms with Crippen LogP contribution in [0.3, 0.4) is 0 Å². The summed E-state index contributed by atoms with van der Waals surface area (Å²) in [6.45, 7) is 0. The number of hydrogen-bond acceptors (Lipinski definition) is 3. The number of hydrogen-bond donors (Lipinski definition) is 3. The highest BCUT2D eigenvalue weighted by atomic mass is 16.2. The highest BCUT2D eigenvalue weighted by molar-refractivity contribution is 6.05. The summed E-state index contributed by atoms with van der Waals surface area (Å²) < 4.78 is 0. The minimum atomic E-state index is -0.576. The minimum absolute atomic E-state index is 0.0105. The Bertz CT molecular complexity index is 780. The first-order valence-electron chi connectivity index (χ1n) is 6.88. The fourth-order valence-corrected chi connectivity index (χ4v) is 3.47. The van der Waals surface area contributed by atoms with E-state index in [1.165, 1.54) is 0 Å². The second-order valence-electron chi connectivity index (χ2n) is 5.66. The van der Waals surface area contributed by atoms with Gasteiger partial charge >= 0.3 is 0 Å². The molecular formula is C15H14N4O2. The Labute approximate surface area is 120 Å². The lowest BCUT2D eigenvalue weighted by molar-refractivity contribution is -0.121. The zero-order chi connectivity index (χ0) is 14.6. The van der Waals surface area contributed by atoms with Crippen LogP contribution in [0.2, 0.25) is 0 Å². The molecule has 2 aliphatic rings. The summed E-state index contributed by atoms with van der Waals surface area (Å²) in [4.78, 5) is 31.1. The number of carbonyl (C=O) groups is 2. The molecule has 3 heterocycles. The number of H-pyrrole nitrogens is 1. The number of nitrogens with two attached hydrogens (primary N) is 1. The topological polar surface area (TPSA) is 101 Å². The van der Waals surface area contributed by atoms with Gasteiger partial charge in [-0.15, -0.1) is 0 Å². The first-order valence-corrected chi connectivity index (χ1v) is 6.88. The molecule has 1 aliphatic heterocycles. The Morgan fingerprint density at radius 3 is 3.10 bits per heavy atom. The molecule has 0 bridgehead atoms. The molecule has 21 heavy (non-hydrogen) atoms. The van der Waals surface area contributed by atoms with Gasteiger partial charge in [0, 0.05) is 17.5 Å². The van der Waals surface area contributed by atoms with Crippen molar-refractivity contribution in [1.82, 2.24) is 9.97 Å². The summed E-state index contributed by atoms with van der Waals surface area (Å²) >= 11 is 0. The van der Waals surface area contributed by atoms with E-state index in [2.05, 4.69) is 15.3 Å². The smallest absolute Gasteiger partial charge is 0.265 e. The molecule has 2 aromatic heterocycles. The number of rotatable bonds is 1. The molecule has 1 atom stereocenters. The summed E-state index contributed by atoms with van der Waals surface area (Å²) in [6, 6.07) is 5.56. The molecule has 4 rings (SSSR count). The molecule has 0 aromatic carbocycles. The van der Waals surface area contributed by atoms with Crippen LogP contribution in [-0.4, -0.2) is 21.8 Å². The maximum Gasteiger partial charge on any atom is 0.265 e. The number of amides is 2. The molecule has 6 heteroatoms. The zero-order valence-electron chi connectivity index (χ0n) is 11.3. The van der Waals surface area contributed by atoms with Gasteiger partial charge in [0.05, 0.1) is 5.41 Å². The average Bonchev–Trinajstić information content (AvgIpc) is 3.00. The molecule has 1 unspecified atom stereocenters. The van der Waals surface area contributed by atoms with Gasteiger partial charge in [0.25, 0.3) is 5.91 Å². The number of nitrogens with one attached hydrogen (secondary N) is 2. The lowest BCUT2D eigenvalue weighted by atomic mass is 9.70. The highest BCUT2D eigenvalue weighted by Crippen LogP contribution is 2.45. The van der Waals surface area contributed by atoms with Gasteiger partial charge in [-0.25, -0.2) is 4.98 Å².